The van der Waals surface area contributed by atoms with Crippen LogP contribution in [0.4, 0.5) is 5.69 Å². The topological polar surface area (TPSA) is 43.8 Å². The highest BCUT2D eigenvalue weighted by molar-refractivity contribution is 5.89. The van der Waals surface area contributed by atoms with Crippen LogP contribution in [0.2, 0.25) is 0 Å². The molecule has 0 saturated carbocycles. The number of rotatable bonds is 4. The van der Waals surface area contributed by atoms with E-state index in [0.29, 0.717) is 5.56 Å². The van der Waals surface area contributed by atoms with Gasteiger partial charge in [0.25, 0.3) is 0 Å². The second-order valence-electron chi connectivity index (χ2n) is 5.93. The van der Waals surface area contributed by atoms with Gasteiger partial charge in [-0.1, -0.05) is 0 Å². The van der Waals surface area contributed by atoms with Gasteiger partial charge in [-0.3, -0.25) is 0 Å². The molecule has 1 aliphatic rings. The van der Waals surface area contributed by atoms with E-state index in [0.717, 1.165) is 23.7 Å². The molecule has 1 fully saturated rings. The monoisotopic (exact) mass is 276 g/mol. The standard InChI is InChI=1S/C16H24N2O2/c1-12-10-14(4-5-15(12)16(19)20)18(3)11-13-6-8-17(2)9-7-13/h4-5,10,13H,6-9,11H2,1-3H3,(H,19,20). The highest BCUT2D eigenvalue weighted by atomic mass is 16.4. The molecule has 0 aliphatic carbocycles. The number of hydrogen-bond donors (Lipinski definition) is 1. The summed E-state index contributed by atoms with van der Waals surface area (Å²) in [4.78, 5) is 15.7. The van der Waals surface area contributed by atoms with Gasteiger partial charge in [-0.2, -0.15) is 0 Å². The lowest BCUT2D eigenvalue weighted by molar-refractivity contribution is 0.0696. The molecule has 2 rings (SSSR count). The fraction of sp³-hybridized carbons (Fsp3) is 0.562. The molecule has 1 aromatic rings. The molecule has 110 valence electrons. The highest BCUT2D eigenvalue weighted by Crippen LogP contribution is 2.22. The van der Waals surface area contributed by atoms with Crippen LogP contribution in [0.15, 0.2) is 18.2 Å². The van der Waals surface area contributed by atoms with Gasteiger partial charge in [0, 0.05) is 19.3 Å². The summed E-state index contributed by atoms with van der Waals surface area (Å²) in [6, 6.07) is 5.59. The first-order valence-electron chi connectivity index (χ1n) is 7.21. The van der Waals surface area contributed by atoms with Crippen LogP contribution in [0.5, 0.6) is 0 Å². The fourth-order valence-corrected chi connectivity index (χ4v) is 2.86. The highest BCUT2D eigenvalue weighted by Gasteiger charge is 2.18. The second kappa shape index (κ2) is 6.27. The lowest BCUT2D eigenvalue weighted by Crippen LogP contribution is -2.35. The smallest absolute Gasteiger partial charge is 0.335 e. The molecule has 4 nitrogen and oxygen atoms in total. The van der Waals surface area contributed by atoms with E-state index in [4.69, 9.17) is 5.11 Å². The number of piperidine rings is 1. The largest absolute Gasteiger partial charge is 0.478 e. The molecule has 1 heterocycles. The van der Waals surface area contributed by atoms with Crippen molar-refractivity contribution in [2.24, 2.45) is 5.92 Å². The van der Waals surface area contributed by atoms with Crippen LogP contribution in [0, 0.1) is 12.8 Å². The van der Waals surface area contributed by atoms with E-state index < -0.39 is 5.97 Å². The third kappa shape index (κ3) is 3.51. The first-order valence-corrected chi connectivity index (χ1v) is 7.21. The average molecular weight is 276 g/mol. The Hall–Kier alpha value is -1.55. The Kier molecular flexibility index (Phi) is 4.65. The summed E-state index contributed by atoms with van der Waals surface area (Å²) in [7, 11) is 4.27. The van der Waals surface area contributed by atoms with Gasteiger partial charge >= 0.3 is 5.97 Å². The van der Waals surface area contributed by atoms with Crippen LogP contribution in [-0.4, -0.2) is 49.7 Å². The van der Waals surface area contributed by atoms with Gasteiger partial charge < -0.3 is 14.9 Å². The number of carboxylic acids is 1. The molecule has 1 aromatic carbocycles. The number of aromatic carboxylic acids is 1. The quantitative estimate of drug-likeness (QED) is 0.917. The fourth-order valence-electron chi connectivity index (χ4n) is 2.86. The molecule has 1 N–H and O–H groups in total. The maximum atomic E-state index is 11.0. The van der Waals surface area contributed by atoms with E-state index in [1.807, 2.05) is 19.1 Å². The number of nitrogens with zero attached hydrogens (tertiary/aromatic N) is 2. The zero-order chi connectivity index (χ0) is 14.7. The van der Waals surface area contributed by atoms with Gasteiger partial charge in [0.15, 0.2) is 0 Å². The first kappa shape index (κ1) is 14.9. The summed E-state index contributed by atoms with van der Waals surface area (Å²) in [6.45, 7) is 5.25. The van der Waals surface area contributed by atoms with Crippen molar-refractivity contribution >= 4 is 11.7 Å². The van der Waals surface area contributed by atoms with Crippen molar-refractivity contribution < 1.29 is 9.90 Å². The molecule has 0 aromatic heterocycles. The molecule has 1 saturated heterocycles. The average Bonchev–Trinajstić information content (AvgIpc) is 2.40. The minimum absolute atomic E-state index is 0.390. The third-order valence-electron chi connectivity index (χ3n) is 4.25. The van der Waals surface area contributed by atoms with Crippen molar-refractivity contribution in [3.63, 3.8) is 0 Å². The maximum absolute atomic E-state index is 11.0. The Bertz CT molecular complexity index is 479. The molecular formula is C16H24N2O2. The molecule has 1 aliphatic heterocycles. The number of carboxylic acid groups (broad SMARTS) is 1. The molecule has 4 heteroatoms. The Balaban J connectivity index is 2.00. The molecule has 0 bridgehead atoms. The predicted octanol–water partition coefficient (Wildman–Crippen LogP) is 2.47. The first-order chi connectivity index (χ1) is 9.47. The van der Waals surface area contributed by atoms with Crippen LogP contribution >= 0.6 is 0 Å². The summed E-state index contributed by atoms with van der Waals surface area (Å²) in [5.41, 5.74) is 2.32. The number of hydrogen-bond acceptors (Lipinski definition) is 3. The Labute approximate surface area is 121 Å². The Morgan fingerprint density at radius 2 is 2.05 bits per heavy atom. The molecule has 20 heavy (non-hydrogen) atoms. The van der Waals surface area contributed by atoms with Crippen LogP contribution in [-0.2, 0) is 0 Å². The molecule has 0 spiro atoms. The summed E-state index contributed by atoms with van der Waals surface area (Å²) >= 11 is 0. The lowest BCUT2D eigenvalue weighted by atomic mass is 9.96. The number of likely N-dealkylation sites (tertiary alicyclic amines) is 1. The van der Waals surface area contributed by atoms with E-state index in [1.165, 1.54) is 25.9 Å². The van der Waals surface area contributed by atoms with Gasteiger partial charge in [0.1, 0.15) is 0 Å². The minimum atomic E-state index is -0.855. The van der Waals surface area contributed by atoms with Crippen molar-refractivity contribution in [1.82, 2.24) is 4.90 Å². The summed E-state index contributed by atoms with van der Waals surface area (Å²) in [5.74, 6) is -0.123. The van der Waals surface area contributed by atoms with Crippen LogP contribution in [0.25, 0.3) is 0 Å². The van der Waals surface area contributed by atoms with Crippen molar-refractivity contribution in [3.05, 3.63) is 29.3 Å². The van der Waals surface area contributed by atoms with E-state index >= 15 is 0 Å². The number of aryl methyl sites for hydroxylation is 1. The van der Waals surface area contributed by atoms with Gasteiger partial charge in [0.2, 0.25) is 0 Å². The van der Waals surface area contributed by atoms with E-state index in [1.54, 1.807) is 6.07 Å². The number of benzene rings is 1. The third-order valence-corrected chi connectivity index (χ3v) is 4.25. The minimum Gasteiger partial charge on any atom is -0.478 e. The van der Waals surface area contributed by atoms with Crippen LogP contribution < -0.4 is 4.90 Å². The summed E-state index contributed by atoms with van der Waals surface area (Å²) in [5, 5.41) is 9.06. The van der Waals surface area contributed by atoms with E-state index in [-0.39, 0.29) is 0 Å². The SMILES string of the molecule is Cc1cc(N(C)CC2CCN(C)CC2)ccc1C(=O)O. The van der Waals surface area contributed by atoms with Crippen LogP contribution in [0.3, 0.4) is 0 Å². The summed E-state index contributed by atoms with van der Waals surface area (Å²) < 4.78 is 0. The van der Waals surface area contributed by atoms with Crippen molar-refractivity contribution in [1.29, 1.82) is 0 Å². The van der Waals surface area contributed by atoms with Gasteiger partial charge in [-0.25, -0.2) is 4.79 Å². The van der Waals surface area contributed by atoms with Gasteiger partial charge in [0.05, 0.1) is 5.56 Å². The predicted molar refractivity (Wildman–Crippen MR) is 81.6 cm³/mol. The summed E-state index contributed by atoms with van der Waals surface area (Å²) in [6.07, 6.45) is 2.49. The molecule has 0 amide bonds. The molecule has 0 unspecified atom stereocenters. The Morgan fingerprint density at radius 3 is 2.60 bits per heavy atom. The van der Waals surface area contributed by atoms with Gasteiger partial charge in [-0.15, -0.1) is 0 Å². The maximum Gasteiger partial charge on any atom is 0.335 e. The van der Waals surface area contributed by atoms with Crippen molar-refractivity contribution in [3.8, 4) is 0 Å². The van der Waals surface area contributed by atoms with Gasteiger partial charge in [-0.05, 0) is 69.6 Å². The molecule has 0 radical (unpaired) electrons. The van der Waals surface area contributed by atoms with E-state index in [2.05, 4.69) is 23.9 Å². The normalized spacial score (nSPS) is 17.1. The zero-order valence-electron chi connectivity index (χ0n) is 12.6. The zero-order valence-corrected chi connectivity index (χ0v) is 12.6. The number of carbonyl (C=O) groups is 1. The number of anilines is 1. The van der Waals surface area contributed by atoms with Crippen molar-refractivity contribution in [2.75, 3.05) is 38.6 Å². The van der Waals surface area contributed by atoms with E-state index in [9.17, 15) is 4.79 Å². The Morgan fingerprint density at radius 1 is 1.40 bits per heavy atom. The second-order valence-corrected chi connectivity index (χ2v) is 5.93. The molecule has 0 atom stereocenters. The molecular weight excluding hydrogens is 252 g/mol. The lowest BCUT2D eigenvalue weighted by Gasteiger charge is -2.32. The van der Waals surface area contributed by atoms with Crippen LogP contribution in [0.1, 0.15) is 28.8 Å². The van der Waals surface area contributed by atoms with Crippen molar-refractivity contribution in [2.45, 2.75) is 19.8 Å².